The minimum Gasteiger partial charge on any atom is -0.481 e. The second-order valence-corrected chi connectivity index (χ2v) is 6.08. The van der Waals surface area contributed by atoms with E-state index in [4.69, 9.17) is 0 Å². The largest absolute Gasteiger partial charge is 0.481 e. The van der Waals surface area contributed by atoms with Gasteiger partial charge in [0.15, 0.2) is 0 Å². The topological polar surface area (TPSA) is 95.5 Å². The molecule has 1 fully saturated rings. The van der Waals surface area contributed by atoms with Crippen molar-refractivity contribution in [3.05, 3.63) is 0 Å². The van der Waals surface area contributed by atoms with Gasteiger partial charge in [0.2, 0.25) is 11.8 Å². The molecule has 0 aromatic heterocycles. The third kappa shape index (κ3) is 3.24. The Kier molecular flexibility index (Phi) is 4.22. The van der Waals surface area contributed by atoms with Crippen LogP contribution in [0.5, 0.6) is 0 Å². The summed E-state index contributed by atoms with van der Waals surface area (Å²) in [5.74, 6) is -1.51. The molecule has 1 aliphatic rings. The molecule has 6 heteroatoms. The van der Waals surface area contributed by atoms with E-state index >= 15 is 0 Å². The second-order valence-electron chi connectivity index (χ2n) is 6.08. The minimum absolute atomic E-state index is 0.0471. The van der Waals surface area contributed by atoms with Crippen molar-refractivity contribution in [1.82, 2.24) is 10.6 Å². The fourth-order valence-corrected chi connectivity index (χ4v) is 1.79. The summed E-state index contributed by atoms with van der Waals surface area (Å²) in [4.78, 5) is 34.4. The van der Waals surface area contributed by atoms with Crippen LogP contribution in [0.4, 0.5) is 0 Å². The summed E-state index contributed by atoms with van der Waals surface area (Å²) in [7, 11) is 0. The number of carbonyl (C=O) groups is 3. The first kappa shape index (κ1) is 15.5. The SMILES string of the molecule is CC(C)(NC(=O)C1CCC(=O)NC1)C(C)(C)C(=O)O. The number of rotatable bonds is 4. The lowest BCUT2D eigenvalue weighted by Crippen LogP contribution is -2.59. The Balaban J connectivity index is 2.70. The average Bonchev–Trinajstić information content (AvgIpc) is 2.28. The number of nitrogens with one attached hydrogen (secondary N) is 2. The van der Waals surface area contributed by atoms with Gasteiger partial charge in [0.05, 0.1) is 11.3 Å². The number of hydrogen-bond donors (Lipinski definition) is 3. The monoisotopic (exact) mass is 270 g/mol. The number of carboxylic acids is 1. The van der Waals surface area contributed by atoms with Crippen LogP contribution >= 0.6 is 0 Å². The normalized spacial score (nSPS) is 20.6. The van der Waals surface area contributed by atoms with Crippen LogP contribution in [0, 0.1) is 11.3 Å². The molecule has 1 aliphatic heterocycles. The maximum Gasteiger partial charge on any atom is 0.311 e. The van der Waals surface area contributed by atoms with Gasteiger partial charge in [0, 0.05) is 18.5 Å². The highest BCUT2D eigenvalue weighted by Crippen LogP contribution is 2.31. The van der Waals surface area contributed by atoms with Crippen LogP contribution < -0.4 is 10.6 Å². The molecule has 6 nitrogen and oxygen atoms in total. The van der Waals surface area contributed by atoms with Crippen LogP contribution in [-0.4, -0.2) is 35.0 Å². The fourth-order valence-electron chi connectivity index (χ4n) is 1.79. The molecule has 0 radical (unpaired) electrons. The second kappa shape index (κ2) is 5.19. The highest BCUT2D eigenvalue weighted by atomic mass is 16.4. The summed E-state index contributed by atoms with van der Waals surface area (Å²) in [6, 6.07) is 0. The molecule has 1 unspecified atom stereocenters. The van der Waals surface area contributed by atoms with Gasteiger partial charge in [-0.3, -0.25) is 14.4 Å². The molecule has 1 atom stereocenters. The zero-order chi connectivity index (χ0) is 14.8. The van der Waals surface area contributed by atoms with E-state index in [1.165, 1.54) is 0 Å². The van der Waals surface area contributed by atoms with Crippen molar-refractivity contribution in [2.45, 2.75) is 46.1 Å². The van der Waals surface area contributed by atoms with Gasteiger partial charge in [-0.25, -0.2) is 0 Å². The lowest BCUT2D eigenvalue weighted by Gasteiger charge is -2.40. The summed E-state index contributed by atoms with van der Waals surface area (Å²) in [6.07, 6.45) is 0.835. The first-order valence-corrected chi connectivity index (χ1v) is 6.40. The summed E-state index contributed by atoms with van der Waals surface area (Å²) in [5, 5.41) is 14.7. The lowest BCUT2D eigenvalue weighted by molar-refractivity contribution is -0.152. The van der Waals surface area contributed by atoms with Crippen LogP contribution in [0.1, 0.15) is 40.5 Å². The molecule has 0 bridgehead atoms. The Hall–Kier alpha value is -1.59. The van der Waals surface area contributed by atoms with Crippen LogP contribution in [0.2, 0.25) is 0 Å². The van der Waals surface area contributed by atoms with Crippen molar-refractivity contribution in [2.75, 3.05) is 6.54 Å². The molecular weight excluding hydrogens is 248 g/mol. The van der Waals surface area contributed by atoms with Crippen LogP contribution in [0.3, 0.4) is 0 Å². The Morgan fingerprint density at radius 3 is 2.32 bits per heavy atom. The number of carboxylic acid groups (broad SMARTS) is 1. The van der Waals surface area contributed by atoms with Crippen LogP contribution in [0.25, 0.3) is 0 Å². The quantitative estimate of drug-likeness (QED) is 0.694. The van der Waals surface area contributed by atoms with Gasteiger partial charge < -0.3 is 15.7 Å². The maximum atomic E-state index is 12.1. The van der Waals surface area contributed by atoms with E-state index < -0.39 is 16.9 Å². The minimum atomic E-state index is -1.08. The molecular formula is C13H22N2O4. The highest BCUT2D eigenvalue weighted by molar-refractivity contribution is 5.85. The van der Waals surface area contributed by atoms with Gasteiger partial charge in [0.25, 0.3) is 0 Å². The van der Waals surface area contributed by atoms with E-state index in [2.05, 4.69) is 10.6 Å². The molecule has 0 saturated carbocycles. The first-order chi connectivity index (χ1) is 8.58. The smallest absolute Gasteiger partial charge is 0.311 e. The van der Waals surface area contributed by atoms with Crippen molar-refractivity contribution in [1.29, 1.82) is 0 Å². The zero-order valence-corrected chi connectivity index (χ0v) is 11.9. The Morgan fingerprint density at radius 1 is 1.32 bits per heavy atom. The van der Waals surface area contributed by atoms with E-state index in [1.807, 2.05) is 0 Å². The van der Waals surface area contributed by atoms with E-state index in [-0.39, 0.29) is 17.7 Å². The molecule has 1 heterocycles. The van der Waals surface area contributed by atoms with Gasteiger partial charge in [-0.1, -0.05) is 0 Å². The Labute approximate surface area is 112 Å². The van der Waals surface area contributed by atoms with Gasteiger partial charge in [-0.2, -0.15) is 0 Å². The Bertz CT molecular complexity index is 391. The number of aliphatic carboxylic acids is 1. The summed E-state index contributed by atoms with van der Waals surface area (Å²) in [6.45, 7) is 6.87. The van der Waals surface area contributed by atoms with E-state index in [1.54, 1.807) is 27.7 Å². The van der Waals surface area contributed by atoms with E-state index in [0.29, 0.717) is 19.4 Å². The number of amides is 2. The van der Waals surface area contributed by atoms with Gasteiger partial charge in [0.1, 0.15) is 0 Å². The van der Waals surface area contributed by atoms with Crippen molar-refractivity contribution >= 4 is 17.8 Å². The number of hydrogen-bond acceptors (Lipinski definition) is 3. The standard InChI is InChI=1S/C13H22N2O4/c1-12(2,11(18)19)13(3,4)15-10(17)8-5-6-9(16)14-7-8/h8H,5-7H2,1-4H3,(H,14,16)(H,15,17)(H,18,19). The van der Waals surface area contributed by atoms with Crippen molar-refractivity contribution in [2.24, 2.45) is 11.3 Å². The maximum absolute atomic E-state index is 12.1. The Morgan fingerprint density at radius 2 is 1.89 bits per heavy atom. The molecule has 1 saturated heterocycles. The zero-order valence-electron chi connectivity index (χ0n) is 11.9. The predicted octanol–water partition coefficient (Wildman–Crippen LogP) is 0.518. The summed E-state index contributed by atoms with van der Waals surface area (Å²) < 4.78 is 0. The third-order valence-electron chi connectivity index (χ3n) is 4.17. The molecule has 0 aromatic rings. The molecule has 3 N–H and O–H groups in total. The first-order valence-electron chi connectivity index (χ1n) is 6.40. The van der Waals surface area contributed by atoms with Crippen molar-refractivity contribution in [3.8, 4) is 0 Å². The summed E-state index contributed by atoms with van der Waals surface area (Å²) in [5.41, 5.74) is -1.96. The molecule has 2 amide bonds. The third-order valence-corrected chi connectivity index (χ3v) is 4.17. The van der Waals surface area contributed by atoms with Gasteiger partial charge in [-0.05, 0) is 34.1 Å². The van der Waals surface area contributed by atoms with Gasteiger partial charge >= 0.3 is 5.97 Å². The van der Waals surface area contributed by atoms with Crippen LogP contribution in [-0.2, 0) is 14.4 Å². The van der Waals surface area contributed by atoms with Crippen molar-refractivity contribution in [3.63, 3.8) is 0 Å². The van der Waals surface area contributed by atoms with Gasteiger partial charge in [-0.15, -0.1) is 0 Å². The molecule has 19 heavy (non-hydrogen) atoms. The van der Waals surface area contributed by atoms with Crippen molar-refractivity contribution < 1.29 is 19.5 Å². The van der Waals surface area contributed by atoms with Crippen LogP contribution in [0.15, 0.2) is 0 Å². The lowest BCUT2D eigenvalue weighted by atomic mass is 9.74. The average molecular weight is 270 g/mol. The number of carbonyl (C=O) groups excluding carboxylic acids is 2. The number of piperidine rings is 1. The molecule has 0 spiro atoms. The van der Waals surface area contributed by atoms with E-state index in [9.17, 15) is 19.5 Å². The summed E-state index contributed by atoms with van der Waals surface area (Å²) >= 11 is 0. The molecule has 0 aromatic carbocycles. The predicted molar refractivity (Wildman–Crippen MR) is 69.4 cm³/mol. The van der Waals surface area contributed by atoms with E-state index in [0.717, 1.165) is 0 Å². The molecule has 0 aliphatic carbocycles. The molecule has 108 valence electrons. The molecule has 1 rings (SSSR count). The highest BCUT2D eigenvalue weighted by Gasteiger charge is 2.45. The fraction of sp³-hybridized carbons (Fsp3) is 0.769.